The Hall–Kier alpha value is -3.79. The lowest BCUT2D eigenvalue weighted by Gasteiger charge is -2.34. The maximum absolute atomic E-state index is 9.15. The number of nitrogens with zero attached hydrogens (tertiary/aromatic N) is 6. The lowest BCUT2D eigenvalue weighted by Crippen LogP contribution is -2.46. The molecule has 0 amide bonds. The number of aryl methyl sites for hydroxylation is 1. The molecule has 4 N–H and O–H groups in total. The minimum absolute atomic E-state index is 0.223. The van der Waals surface area contributed by atoms with Crippen LogP contribution in [0.3, 0.4) is 0 Å². The zero-order valence-corrected chi connectivity index (χ0v) is 20.5. The van der Waals surface area contributed by atoms with E-state index < -0.39 is 0 Å². The van der Waals surface area contributed by atoms with Crippen LogP contribution in [0.25, 0.3) is 22.5 Å². The molecule has 0 unspecified atom stereocenters. The van der Waals surface area contributed by atoms with Crippen molar-refractivity contribution in [2.24, 2.45) is 7.05 Å². The molecule has 0 aliphatic carbocycles. The summed E-state index contributed by atoms with van der Waals surface area (Å²) < 4.78 is 1.79. The minimum Gasteiger partial charge on any atom is -0.399 e. The minimum atomic E-state index is 0.223. The van der Waals surface area contributed by atoms with E-state index in [0.717, 1.165) is 73.2 Å². The van der Waals surface area contributed by atoms with Crippen molar-refractivity contribution in [3.8, 4) is 22.5 Å². The number of aliphatic hydroxyl groups is 1. The highest BCUT2D eigenvalue weighted by molar-refractivity contribution is 5.79. The van der Waals surface area contributed by atoms with Gasteiger partial charge in [-0.3, -0.25) is 14.5 Å². The van der Waals surface area contributed by atoms with Gasteiger partial charge in [0.05, 0.1) is 12.3 Å². The smallest absolute Gasteiger partial charge is 0.227 e. The van der Waals surface area contributed by atoms with Gasteiger partial charge in [-0.25, -0.2) is 9.97 Å². The number of nitrogens with one attached hydrogen (secondary N) is 1. The summed E-state index contributed by atoms with van der Waals surface area (Å²) >= 11 is 0. The number of piperazine rings is 1. The van der Waals surface area contributed by atoms with Crippen LogP contribution in [0.4, 0.5) is 17.3 Å². The van der Waals surface area contributed by atoms with Gasteiger partial charge in [0.15, 0.2) is 0 Å². The van der Waals surface area contributed by atoms with Gasteiger partial charge in [-0.15, -0.1) is 0 Å². The molecule has 5 rings (SSSR count). The van der Waals surface area contributed by atoms with Crippen LogP contribution in [0.1, 0.15) is 5.56 Å². The molecular weight excluding hydrogens is 452 g/mol. The molecule has 0 saturated carbocycles. The quantitative estimate of drug-likeness (QED) is 0.328. The highest BCUT2D eigenvalue weighted by Gasteiger charge is 2.17. The zero-order valence-electron chi connectivity index (χ0n) is 20.5. The number of aromatic nitrogens is 4. The van der Waals surface area contributed by atoms with Crippen molar-refractivity contribution < 1.29 is 5.11 Å². The molecule has 2 aromatic carbocycles. The number of nitrogens with two attached hydrogens (primary N) is 1. The molecule has 9 heteroatoms. The average molecular weight is 485 g/mol. The molecule has 0 radical (unpaired) electrons. The van der Waals surface area contributed by atoms with Crippen LogP contribution < -0.4 is 11.1 Å². The van der Waals surface area contributed by atoms with Crippen LogP contribution in [0.2, 0.25) is 0 Å². The third-order valence-corrected chi connectivity index (χ3v) is 6.41. The topological polar surface area (TPSA) is 108 Å². The summed E-state index contributed by atoms with van der Waals surface area (Å²) in [5.41, 5.74) is 12.3. The molecule has 3 heterocycles. The van der Waals surface area contributed by atoms with Crippen LogP contribution in [0, 0.1) is 0 Å². The third kappa shape index (κ3) is 5.71. The molecule has 1 aliphatic rings. The lowest BCUT2D eigenvalue weighted by molar-refractivity contribution is 0.108. The molecule has 1 aliphatic heterocycles. The first-order chi connectivity index (χ1) is 17.6. The van der Waals surface area contributed by atoms with E-state index in [1.54, 1.807) is 10.9 Å². The van der Waals surface area contributed by atoms with Crippen molar-refractivity contribution in [2.75, 3.05) is 50.4 Å². The largest absolute Gasteiger partial charge is 0.399 e. The molecule has 1 saturated heterocycles. The van der Waals surface area contributed by atoms with E-state index in [4.69, 9.17) is 15.8 Å². The Bertz CT molecular complexity index is 1300. The average Bonchev–Trinajstić information content (AvgIpc) is 3.28. The van der Waals surface area contributed by atoms with Gasteiger partial charge in [0, 0.05) is 81.2 Å². The molecule has 0 atom stereocenters. The van der Waals surface area contributed by atoms with E-state index in [0.29, 0.717) is 5.95 Å². The van der Waals surface area contributed by atoms with Crippen LogP contribution in [0.5, 0.6) is 0 Å². The highest BCUT2D eigenvalue weighted by Crippen LogP contribution is 2.30. The van der Waals surface area contributed by atoms with Gasteiger partial charge < -0.3 is 16.2 Å². The first-order valence-corrected chi connectivity index (χ1v) is 12.2. The van der Waals surface area contributed by atoms with Crippen LogP contribution in [-0.4, -0.2) is 74.0 Å². The molecule has 9 nitrogen and oxygen atoms in total. The van der Waals surface area contributed by atoms with Crippen molar-refractivity contribution in [2.45, 2.75) is 6.54 Å². The first-order valence-electron chi connectivity index (χ1n) is 12.2. The number of nitrogen functional groups attached to an aromatic ring is 1. The fourth-order valence-electron chi connectivity index (χ4n) is 4.55. The maximum Gasteiger partial charge on any atom is 0.227 e. The van der Waals surface area contributed by atoms with E-state index in [-0.39, 0.29) is 6.61 Å². The van der Waals surface area contributed by atoms with E-state index in [1.165, 1.54) is 5.56 Å². The van der Waals surface area contributed by atoms with Crippen molar-refractivity contribution in [1.29, 1.82) is 0 Å². The third-order valence-electron chi connectivity index (χ3n) is 6.41. The molecule has 1 fully saturated rings. The van der Waals surface area contributed by atoms with E-state index in [2.05, 4.69) is 43.4 Å². The predicted molar refractivity (Wildman–Crippen MR) is 143 cm³/mol. The summed E-state index contributed by atoms with van der Waals surface area (Å²) in [5.74, 6) is 0.536. The number of rotatable bonds is 8. The molecule has 2 aromatic heterocycles. The molecule has 0 bridgehead atoms. The van der Waals surface area contributed by atoms with E-state index in [1.807, 2.05) is 49.6 Å². The fraction of sp³-hybridized carbons (Fsp3) is 0.296. The molecular formula is C27H32N8O. The van der Waals surface area contributed by atoms with E-state index >= 15 is 0 Å². The van der Waals surface area contributed by atoms with E-state index in [9.17, 15) is 0 Å². The summed E-state index contributed by atoms with van der Waals surface area (Å²) in [7, 11) is 1.91. The summed E-state index contributed by atoms with van der Waals surface area (Å²) in [6.45, 7) is 5.86. The number of aliphatic hydroxyl groups excluding tert-OH is 1. The monoisotopic (exact) mass is 484 g/mol. The summed E-state index contributed by atoms with van der Waals surface area (Å²) in [6, 6.07) is 18.0. The lowest BCUT2D eigenvalue weighted by atomic mass is 10.1. The SMILES string of the molecule is Cn1cc(-c2ccnc(Nc3cccc(CN4CCN(CCO)CC4)c3)n2)c(-c2ccc(N)cc2)n1. The zero-order chi connectivity index (χ0) is 24.9. The van der Waals surface area contributed by atoms with Crippen LogP contribution in [0.15, 0.2) is 67.0 Å². The van der Waals surface area contributed by atoms with Gasteiger partial charge in [0.1, 0.15) is 5.69 Å². The summed E-state index contributed by atoms with van der Waals surface area (Å²) in [4.78, 5) is 14.0. The van der Waals surface area contributed by atoms with Gasteiger partial charge in [0.25, 0.3) is 0 Å². The molecule has 36 heavy (non-hydrogen) atoms. The summed E-state index contributed by atoms with van der Waals surface area (Å²) in [5, 5.41) is 17.2. The van der Waals surface area contributed by atoms with Gasteiger partial charge >= 0.3 is 0 Å². The Kier molecular flexibility index (Phi) is 7.22. The van der Waals surface area contributed by atoms with Gasteiger partial charge in [-0.2, -0.15) is 5.10 Å². The molecule has 0 spiro atoms. The number of β-amino-alcohol motifs (C(OH)–C–C–N with tert-alkyl or cyclic N) is 1. The van der Waals surface area contributed by atoms with Crippen LogP contribution >= 0.6 is 0 Å². The number of hydrogen-bond donors (Lipinski definition) is 3. The van der Waals surface area contributed by atoms with Gasteiger partial charge in [0.2, 0.25) is 5.95 Å². The Morgan fingerprint density at radius 3 is 2.56 bits per heavy atom. The number of benzene rings is 2. The Labute approximate surface area is 211 Å². The molecule has 4 aromatic rings. The predicted octanol–water partition coefficient (Wildman–Crippen LogP) is 2.98. The standard InChI is InChI=1S/C27H32N8O/c1-33-19-24(26(32-33)21-5-7-22(28)8-6-21)25-9-10-29-27(31-25)30-23-4-2-3-20(17-23)18-35-13-11-34(12-14-35)15-16-36/h2-10,17,19,36H,11-16,18,28H2,1H3,(H,29,30,31). The van der Waals surface area contributed by atoms with Crippen molar-refractivity contribution in [3.05, 3.63) is 72.6 Å². The second-order valence-corrected chi connectivity index (χ2v) is 9.12. The summed E-state index contributed by atoms with van der Waals surface area (Å²) in [6.07, 6.45) is 3.73. The highest BCUT2D eigenvalue weighted by atomic mass is 16.3. The normalized spacial score (nSPS) is 14.7. The Morgan fingerprint density at radius 2 is 1.78 bits per heavy atom. The molecule has 186 valence electrons. The Morgan fingerprint density at radius 1 is 1.00 bits per heavy atom. The first kappa shape index (κ1) is 23.9. The fourth-order valence-corrected chi connectivity index (χ4v) is 4.55. The van der Waals surface area contributed by atoms with Crippen LogP contribution in [-0.2, 0) is 13.6 Å². The number of hydrogen-bond acceptors (Lipinski definition) is 8. The second kappa shape index (κ2) is 10.9. The number of anilines is 3. The van der Waals surface area contributed by atoms with Gasteiger partial charge in [-0.05, 0) is 35.9 Å². The second-order valence-electron chi connectivity index (χ2n) is 9.12. The Balaban J connectivity index is 1.30. The van der Waals surface area contributed by atoms with Gasteiger partial charge in [-0.1, -0.05) is 24.3 Å². The van der Waals surface area contributed by atoms with Crippen molar-refractivity contribution >= 4 is 17.3 Å². The maximum atomic E-state index is 9.15. The van der Waals surface area contributed by atoms with Crippen molar-refractivity contribution in [1.82, 2.24) is 29.5 Å². The van der Waals surface area contributed by atoms with Crippen molar-refractivity contribution in [3.63, 3.8) is 0 Å².